The van der Waals surface area contributed by atoms with Crippen LogP contribution in [0, 0.1) is 0 Å². The maximum Gasteiger partial charge on any atom is 0.0746 e. The van der Waals surface area contributed by atoms with Gasteiger partial charge in [-0.15, -0.1) is 0 Å². The molecule has 4 aliphatic rings. The van der Waals surface area contributed by atoms with E-state index in [1.54, 1.807) is 0 Å². The lowest BCUT2D eigenvalue weighted by molar-refractivity contribution is 0.793. The molecular formula is C134H84N4. The van der Waals surface area contributed by atoms with E-state index >= 15 is 0 Å². The summed E-state index contributed by atoms with van der Waals surface area (Å²) in [4.78, 5) is 5.10. The average molecular weight is 1750 g/mol. The summed E-state index contributed by atoms with van der Waals surface area (Å²) >= 11 is 0. The van der Waals surface area contributed by atoms with Crippen molar-refractivity contribution >= 4 is 142 Å². The highest BCUT2D eigenvalue weighted by molar-refractivity contribution is 6.28. The Kier molecular flexibility index (Phi) is 17.0. The third-order valence-corrected chi connectivity index (χ3v) is 30.7. The molecule has 0 aliphatic heterocycles. The molecule has 0 radical (unpaired) electrons. The van der Waals surface area contributed by atoms with Crippen LogP contribution >= 0.6 is 0 Å². The minimum Gasteiger partial charge on any atom is -0.310 e. The first-order chi connectivity index (χ1) is 68.5. The maximum absolute atomic E-state index is 2.56. The number of nitrogens with zero attached hydrogens (tertiary/aromatic N) is 4. The molecule has 0 atom stereocenters. The van der Waals surface area contributed by atoms with Crippen molar-refractivity contribution in [1.82, 2.24) is 9.13 Å². The lowest BCUT2D eigenvalue weighted by Gasteiger charge is -2.36. The minimum absolute atomic E-state index is 0.526. The molecule has 0 unspecified atom stereocenters. The van der Waals surface area contributed by atoms with Crippen molar-refractivity contribution in [3.8, 4) is 78.1 Å². The molecule has 30 rings (SSSR count). The predicted octanol–water partition coefficient (Wildman–Crippen LogP) is 35.4. The number of benzene rings is 24. The summed E-state index contributed by atoms with van der Waals surface area (Å²) in [5, 5.41) is 20.1. The van der Waals surface area contributed by atoms with Gasteiger partial charge in [-0.3, -0.25) is 0 Å². The zero-order valence-corrected chi connectivity index (χ0v) is 75.3. The smallest absolute Gasteiger partial charge is 0.0746 e. The standard InChI is InChI=1S/2C67H42N2/c1-2-19-45(20-3-1)69-63-34-15-11-29-56(63)59-41-44(36-39-64(59)69)43-18-16-21-46(40-43)68(47-37-38-52-50-24-5-4-22-48(50)49-23-6-7-25-51(49)58(52)42-47)65-35-17-30-57-55-28-10-14-33-62(55)67(66(57)65)60-31-12-8-26-53(60)54-27-9-13-32-61(54)67;1-2-17-45(18-3-1)69-63-31-15-11-26-56(63)59-41-44(35-40-64(59)69)43-33-36-46(37-34-43)68(47-38-39-52-50-21-5-4-19-48(50)49-20-6-7-22-51(49)58(52)42-47)65-32-16-27-57-55-25-10-14-30-62(55)67(66(57)65)60-28-12-8-23-53(60)54-24-9-13-29-61(54)67/h2*1-42H. The second-order valence-electron chi connectivity index (χ2n) is 37.4. The van der Waals surface area contributed by atoms with Gasteiger partial charge in [0.05, 0.1) is 44.3 Å². The van der Waals surface area contributed by atoms with Gasteiger partial charge in [-0.1, -0.05) is 388 Å². The summed E-state index contributed by atoms with van der Waals surface area (Å²) in [5.41, 5.74) is 38.5. The van der Waals surface area contributed by atoms with Gasteiger partial charge in [0.25, 0.3) is 0 Å². The Morgan fingerprint density at radius 2 is 0.406 bits per heavy atom. The summed E-state index contributed by atoms with van der Waals surface area (Å²) in [6.07, 6.45) is 0. The van der Waals surface area contributed by atoms with Gasteiger partial charge in [-0.2, -0.15) is 0 Å². The Balaban J connectivity index is 0.000000133. The van der Waals surface area contributed by atoms with Crippen molar-refractivity contribution in [2.75, 3.05) is 9.80 Å². The SMILES string of the molecule is c1ccc(-n2c3ccccc3c3cc(-c4ccc(N(c5ccc6c7ccccc7c7ccccc7c6c5)c5cccc6c5C5(c7ccccc7-c7ccccc75)c5ccccc5-6)cc4)ccc32)cc1.c1ccc(-n2c3ccccc3c3cc(-c4cccc(N(c5ccc6c7ccccc7c7ccccc7c6c5)c5cccc6c5C5(c7ccccc7-c7ccccc75)c5ccccc5-6)c4)ccc32)cc1. The number of hydrogen-bond donors (Lipinski definition) is 0. The fourth-order valence-corrected chi connectivity index (χ4v) is 25.2. The van der Waals surface area contributed by atoms with Crippen molar-refractivity contribution < 1.29 is 0 Å². The van der Waals surface area contributed by atoms with Gasteiger partial charge in [0.1, 0.15) is 0 Å². The summed E-state index contributed by atoms with van der Waals surface area (Å²) in [5.74, 6) is 0. The van der Waals surface area contributed by atoms with Gasteiger partial charge in [0.2, 0.25) is 0 Å². The third-order valence-electron chi connectivity index (χ3n) is 30.7. The van der Waals surface area contributed by atoms with Crippen LogP contribution < -0.4 is 9.80 Å². The lowest BCUT2D eigenvalue weighted by Crippen LogP contribution is -2.28. The molecule has 2 heterocycles. The number of hydrogen-bond acceptors (Lipinski definition) is 2. The lowest BCUT2D eigenvalue weighted by atomic mass is 9.70. The first-order valence-corrected chi connectivity index (χ1v) is 48.0. The molecule has 4 nitrogen and oxygen atoms in total. The number of fused-ring (bicyclic) bond motifs is 38. The Hall–Kier alpha value is -18.0. The fourth-order valence-electron chi connectivity index (χ4n) is 25.2. The van der Waals surface area contributed by atoms with Crippen LogP contribution in [0.5, 0.6) is 0 Å². The van der Waals surface area contributed by atoms with Crippen LogP contribution in [0.1, 0.15) is 44.5 Å². The Bertz CT molecular complexity index is 9430. The van der Waals surface area contributed by atoms with Crippen LogP contribution in [0.2, 0.25) is 0 Å². The highest BCUT2D eigenvalue weighted by Crippen LogP contribution is 2.68. The molecule has 0 saturated carbocycles. The normalized spacial score (nSPS) is 13.0. The molecule has 2 aromatic heterocycles. The molecule has 4 heteroatoms. The first kappa shape index (κ1) is 77.6. The van der Waals surface area contributed by atoms with E-state index in [4.69, 9.17) is 0 Å². The summed E-state index contributed by atoms with van der Waals surface area (Å²) in [7, 11) is 0. The first-order valence-electron chi connectivity index (χ1n) is 48.0. The zero-order chi connectivity index (χ0) is 90.4. The van der Waals surface area contributed by atoms with E-state index in [-0.39, 0.29) is 0 Å². The maximum atomic E-state index is 2.56. The van der Waals surface area contributed by atoms with Gasteiger partial charge in [-0.25, -0.2) is 0 Å². The van der Waals surface area contributed by atoms with E-state index < -0.39 is 10.8 Å². The van der Waals surface area contributed by atoms with E-state index in [1.807, 2.05) is 0 Å². The fraction of sp³-hybridized carbons (Fsp3) is 0.0149. The molecule has 0 bridgehead atoms. The summed E-state index contributed by atoms with van der Waals surface area (Å²) in [6.45, 7) is 0. The van der Waals surface area contributed by atoms with Crippen molar-refractivity contribution in [1.29, 1.82) is 0 Å². The van der Waals surface area contributed by atoms with Crippen molar-refractivity contribution in [2.45, 2.75) is 10.8 Å². The monoisotopic (exact) mass is 1750 g/mol. The molecule has 2 spiro atoms. The topological polar surface area (TPSA) is 16.3 Å². The summed E-state index contributed by atoms with van der Waals surface area (Å²) in [6, 6.07) is 190. The molecular weight excluding hydrogens is 1670 g/mol. The van der Waals surface area contributed by atoms with Gasteiger partial charge >= 0.3 is 0 Å². The predicted molar refractivity (Wildman–Crippen MR) is 579 cm³/mol. The van der Waals surface area contributed by atoms with Crippen LogP contribution in [0.4, 0.5) is 34.1 Å². The molecule has 0 saturated heterocycles. The van der Waals surface area contributed by atoms with E-state index in [9.17, 15) is 0 Å². The average Bonchev–Trinajstić information content (AvgIpc) is 1.50. The van der Waals surface area contributed by atoms with Crippen LogP contribution in [0.15, 0.2) is 510 Å². The molecule has 138 heavy (non-hydrogen) atoms. The van der Waals surface area contributed by atoms with E-state index in [1.165, 1.54) is 220 Å². The number of para-hydroxylation sites is 4. The second kappa shape index (κ2) is 30.3. The van der Waals surface area contributed by atoms with Crippen molar-refractivity contribution in [3.05, 3.63) is 554 Å². The molecule has 26 aromatic rings. The molecule has 0 N–H and O–H groups in total. The Morgan fingerprint density at radius 1 is 0.145 bits per heavy atom. The number of rotatable bonds is 10. The van der Waals surface area contributed by atoms with E-state index in [0.29, 0.717) is 0 Å². The molecule has 0 amide bonds. The molecule has 4 aliphatic carbocycles. The van der Waals surface area contributed by atoms with Gasteiger partial charge in [-0.05, 0) is 286 Å². The van der Waals surface area contributed by atoms with Gasteiger partial charge < -0.3 is 18.9 Å². The van der Waals surface area contributed by atoms with Gasteiger partial charge in [0, 0.05) is 66.8 Å². The van der Waals surface area contributed by atoms with E-state index in [0.717, 1.165) is 45.4 Å². The highest BCUT2D eigenvalue weighted by Gasteiger charge is 2.55. The highest BCUT2D eigenvalue weighted by atomic mass is 15.2. The van der Waals surface area contributed by atoms with Crippen LogP contribution in [0.25, 0.3) is 186 Å². The van der Waals surface area contributed by atoms with Crippen LogP contribution in [-0.2, 0) is 10.8 Å². The third kappa shape index (κ3) is 11.1. The van der Waals surface area contributed by atoms with Crippen LogP contribution in [-0.4, -0.2) is 9.13 Å². The summed E-state index contributed by atoms with van der Waals surface area (Å²) < 4.78 is 4.78. The van der Waals surface area contributed by atoms with Crippen LogP contribution in [0.3, 0.4) is 0 Å². The molecule has 24 aromatic carbocycles. The largest absolute Gasteiger partial charge is 0.310 e. The van der Waals surface area contributed by atoms with Crippen molar-refractivity contribution in [2.24, 2.45) is 0 Å². The number of aromatic nitrogens is 2. The number of anilines is 6. The van der Waals surface area contributed by atoms with Gasteiger partial charge in [0.15, 0.2) is 0 Å². The Labute approximate surface area is 798 Å². The zero-order valence-electron chi connectivity index (χ0n) is 75.3. The Morgan fingerprint density at radius 3 is 0.790 bits per heavy atom. The molecule has 640 valence electrons. The minimum atomic E-state index is -0.538. The van der Waals surface area contributed by atoms with Crippen molar-refractivity contribution in [3.63, 3.8) is 0 Å². The second-order valence-corrected chi connectivity index (χ2v) is 37.4. The van der Waals surface area contributed by atoms with E-state index in [2.05, 4.69) is 529 Å². The quantitative estimate of drug-likeness (QED) is 0.127. The molecule has 0 fully saturated rings.